The largest absolute Gasteiger partial charge is 0.352 e. The molecule has 1 fully saturated rings. The first-order valence-corrected chi connectivity index (χ1v) is 9.44. The van der Waals surface area contributed by atoms with Gasteiger partial charge in [-0.2, -0.15) is 5.26 Å². The van der Waals surface area contributed by atoms with Gasteiger partial charge >= 0.3 is 0 Å². The summed E-state index contributed by atoms with van der Waals surface area (Å²) in [5.41, 5.74) is 4.14. The highest BCUT2D eigenvalue weighted by Crippen LogP contribution is 2.38. The van der Waals surface area contributed by atoms with Crippen molar-refractivity contribution in [1.82, 2.24) is 5.32 Å². The lowest BCUT2D eigenvalue weighted by Gasteiger charge is -2.21. The fraction of sp³-hybridized carbons (Fsp3) is 0.273. The maximum absolute atomic E-state index is 14.7. The number of hydrogen-bond donors (Lipinski definition) is 1. The van der Waals surface area contributed by atoms with Gasteiger partial charge in [0.25, 0.3) is 0 Å². The van der Waals surface area contributed by atoms with Crippen molar-refractivity contribution in [3.8, 4) is 17.2 Å². The van der Waals surface area contributed by atoms with E-state index in [1.165, 1.54) is 6.07 Å². The van der Waals surface area contributed by atoms with Gasteiger partial charge in [0.1, 0.15) is 5.82 Å². The third kappa shape index (κ3) is 3.48. The van der Waals surface area contributed by atoms with Crippen molar-refractivity contribution >= 4 is 23.6 Å². The average Bonchev–Trinajstić information content (AvgIpc) is 2.84. The lowest BCUT2D eigenvalue weighted by Crippen LogP contribution is -2.29. The summed E-state index contributed by atoms with van der Waals surface area (Å²) in [7, 11) is 0. The molecule has 3 nitrogen and oxygen atoms in total. The summed E-state index contributed by atoms with van der Waals surface area (Å²) >= 11 is 5.91. The summed E-state index contributed by atoms with van der Waals surface area (Å²) in [6, 6.07) is 10.3. The molecule has 27 heavy (non-hydrogen) atoms. The number of fused-ring (bicyclic) bond motifs is 3. The number of nitrogens with zero attached hydrogens (tertiary/aromatic N) is 1. The van der Waals surface area contributed by atoms with Gasteiger partial charge in [0.05, 0.1) is 11.6 Å². The summed E-state index contributed by atoms with van der Waals surface area (Å²) in [6.07, 6.45) is 5.25. The van der Waals surface area contributed by atoms with E-state index < -0.39 is 5.82 Å². The molecule has 4 rings (SSSR count). The SMILES string of the molecule is N#Cc1cc2c(c(-c3ccc(Cl)cc3F)c1)CC1CCCNC(=O)C(=C2)C1. The molecule has 2 aromatic rings. The van der Waals surface area contributed by atoms with Crippen LogP contribution >= 0.6 is 11.6 Å². The molecular weight excluding hydrogens is 363 g/mol. The first-order valence-electron chi connectivity index (χ1n) is 9.06. The number of halogens is 2. The van der Waals surface area contributed by atoms with Gasteiger partial charge in [-0.3, -0.25) is 4.79 Å². The maximum Gasteiger partial charge on any atom is 0.247 e. The molecule has 1 amide bonds. The van der Waals surface area contributed by atoms with Gasteiger partial charge in [0.15, 0.2) is 0 Å². The third-order valence-electron chi connectivity index (χ3n) is 5.33. The summed E-state index contributed by atoms with van der Waals surface area (Å²) in [5.74, 6) is -0.133. The Morgan fingerprint density at radius 3 is 2.81 bits per heavy atom. The number of carbonyl (C=O) groups is 1. The first-order chi connectivity index (χ1) is 13.0. The highest BCUT2D eigenvalue weighted by atomic mass is 35.5. The monoisotopic (exact) mass is 380 g/mol. The van der Waals surface area contributed by atoms with Crippen LogP contribution in [0.1, 0.15) is 36.0 Å². The number of hydrogen-bond acceptors (Lipinski definition) is 2. The minimum Gasteiger partial charge on any atom is -0.352 e. The molecule has 2 aromatic carbocycles. The van der Waals surface area contributed by atoms with Gasteiger partial charge < -0.3 is 5.32 Å². The molecule has 0 saturated carbocycles. The maximum atomic E-state index is 14.7. The van der Waals surface area contributed by atoms with Crippen LogP contribution in [0.25, 0.3) is 17.2 Å². The average molecular weight is 381 g/mol. The van der Waals surface area contributed by atoms with E-state index in [-0.39, 0.29) is 5.91 Å². The smallest absolute Gasteiger partial charge is 0.247 e. The number of rotatable bonds is 1. The van der Waals surface area contributed by atoms with E-state index in [4.69, 9.17) is 11.6 Å². The molecule has 1 aliphatic heterocycles. The number of nitrogens with one attached hydrogen (secondary N) is 1. The molecule has 0 spiro atoms. The van der Waals surface area contributed by atoms with Gasteiger partial charge in [-0.1, -0.05) is 11.6 Å². The predicted molar refractivity (Wildman–Crippen MR) is 104 cm³/mol. The second-order valence-electron chi connectivity index (χ2n) is 7.17. The zero-order valence-electron chi connectivity index (χ0n) is 14.7. The molecule has 1 aliphatic carbocycles. The highest BCUT2D eigenvalue weighted by Gasteiger charge is 2.26. The van der Waals surface area contributed by atoms with Crippen LogP contribution in [-0.2, 0) is 11.2 Å². The van der Waals surface area contributed by atoms with Crippen LogP contribution in [0, 0.1) is 23.1 Å². The molecule has 1 heterocycles. The van der Waals surface area contributed by atoms with Crippen molar-refractivity contribution in [2.75, 3.05) is 6.54 Å². The number of benzene rings is 2. The zero-order chi connectivity index (χ0) is 19.0. The lowest BCUT2D eigenvalue weighted by atomic mass is 9.85. The summed E-state index contributed by atoms with van der Waals surface area (Å²) in [6.45, 7) is 0.672. The van der Waals surface area contributed by atoms with Gasteiger partial charge in [-0.25, -0.2) is 4.39 Å². The third-order valence-corrected chi connectivity index (χ3v) is 5.57. The van der Waals surface area contributed by atoms with Crippen molar-refractivity contribution < 1.29 is 9.18 Å². The Morgan fingerprint density at radius 1 is 1.19 bits per heavy atom. The van der Waals surface area contributed by atoms with Crippen molar-refractivity contribution in [3.05, 3.63) is 63.4 Å². The molecule has 2 aliphatic rings. The van der Waals surface area contributed by atoms with Crippen molar-refractivity contribution in [2.45, 2.75) is 25.7 Å². The van der Waals surface area contributed by atoms with Crippen LogP contribution in [0.2, 0.25) is 5.02 Å². The summed E-state index contributed by atoms with van der Waals surface area (Å²) in [5, 5.41) is 12.7. The van der Waals surface area contributed by atoms with E-state index in [0.717, 1.165) is 36.0 Å². The predicted octanol–water partition coefficient (Wildman–Crippen LogP) is 4.87. The summed E-state index contributed by atoms with van der Waals surface area (Å²) in [4.78, 5) is 12.4. The quantitative estimate of drug-likeness (QED) is 0.767. The van der Waals surface area contributed by atoms with Crippen LogP contribution in [0.5, 0.6) is 0 Å². The molecule has 5 heteroatoms. The van der Waals surface area contributed by atoms with E-state index in [1.54, 1.807) is 24.3 Å². The minimum atomic E-state index is -0.410. The Morgan fingerprint density at radius 2 is 2.04 bits per heavy atom. The molecule has 1 saturated heterocycles. The van der Waals surface area contributed by atoms with E-state index in [1.807, 2.05) is 6.08 Å². The Labute approximate surface area is 162 Å². The second kappa shape index (κ2) is 7.17. The van der Waals surface area contributed by atoms with E-state index in [0.29, 0.717) is 40.6 Å². The van der Waals surface area contributed by atoms with Crippen LogP contribution in [0.4, 0.5) is 4.39 Å². The van der Waals surface area contributed by atoms with Crippen molar-refractivity contribution in [3.63, 3.8) is 0 Å². The number of nitriles is 1. The second-order valence-corrected chi connectivity index (χ2v) is 7.61. The van der Waals surface area contributed by atoms with Gasteiger partial charge in [0, 0.05) is 22.7 Å². The van der Waals surface area contributed by atoms with Crippen LogP contribution in [0.15, 0.2) is 35.9 Å². The standard InChI is InChI=1S/C22H18ClFN2O/c23-17-3-4-18(21(24)11-17)20-9-14(12-25)7-15-10-16-6-13(8-19(15)20)2-1-5-26-22(16)27/h3-4,7,9-11,13H,1-2,5-6,8H2,(H,26,27). The molecule has 1 N–H and O–H groups in total. The van der Waals surface area contributed by atoms with Crippen LogP contribution in [0.3, 0.4) is 0 Å². The molecule has 1 unspecified atom stereocenters. The van der Waals surface area contributed by atoms with E-state index in [9.17, 15) is 14.4 Å². The topological polar surface area (TPSA) is 52.9 Å². The molecule has 0 radical (unpaired) electrons. The summed E-state index contributed by atoms with van der Waals surface area (Å²) < 4.78 is 14.7. The highest BCUT2D eigenvalue weighted by molar-refractivity contribution is 6.30. The Kier molecular flexibility index (Phi) is 4.72. The number of amides is 1. The number of carbonyl (C=O) groups excluding carboxylic acids is 1. The van der Waals surface area contributed by atoms with Gasteiger partial charge in [-0.05, 0) is 84.7 Å². The lowest BCUT2D eigenvalue weighted by molar-refractivity contribution is -0.117. The Hall–Kier alpha value is -2.64. The fourth-order valence-corrected chi connectivity index (χ4v) is 4.21. The Bertz CT molecular complexity index is 1010. The molecule has 1 atom stereocenters. The molecule has 2 bridgehead atoms. The van der Waals surface area contributed by atoms with Crippen LogP contribution in [-0.4, -0.2) is 12.5 Å². The first kappa shape index (κ1) is 17.8. The molecular formula is C22H18ClFN2O. The molecule has 0 aromatic heterocycles. The van der Waals surface area contributed by atoms with E-state index in [2.05, 4.69) is 11.4 Å². The normalized spacial score (nSPS) is 18.9. The molecule has 136 valence electrons. The van der Waals surface area contributed by atoms with E-state index >= 15 is 0 Å². The van der Waals surface area contributed by atoms with Crippen molar-refractivity contribution in [2.24, 2.45) is 5.92 Å². The minimum absolute atomic E-state index is 0.0471. The van der Waals surface area contributed by atoms with Gasteiger partial charge in [0.2, 0.25) is 5.91 Å². The van der Waals surface area contributed by atoms with Crippen molar-refractivity contribution in [1.29, 1.82) is 5.26 Å². The fourth-order valence-electron chi connectivity index (χ4n) is 4.05. The Balaban J connectivity index is 1.95. The van der Waals surface area contributed by atoms with Crippen LogP contribution < -0.4 is 5.32 Å². The van der Waals surface area contributed by atoms with Gasteiger partial charge in [-0.15, -0.1) is 0 Å². The zero-order valence-corrected chi connectivity index (χ0v) is 15.4.